The molecule has 0 aromatic heterocycles. The Balaban J connectivity index is -0.0000000600. The SMILES string of the molecule is CC(C)C.CC(C)C.NC(O)=S.NC(O)=S. The lowest BCUT2D eigenvalue weighted by Gasteiger charge is -1.79. The number of rotatable bonds is 0. The molecule has 6 heteroatoms. The van der Waals surface area contributed by atoms with Crippen LogP contribution in [0.1, 0.15) is 41.5 Å². The number of hydrogen-bond donors (Lipinski definition) is 4. The third kappa shape index (κ3) is 5330. The number of nitrogens with two attached hydrogens (primary N) is 2. The zero-order valence-corrected chi connectivity index (χ0v) is 12.7. The minimum atomic E-state index is -0.500. The van der Waals surface area contributed by atoms with Gasteiger partial charge in [-0.1, -0.05) is 41.5 Å². The third-order valence-electron chi connectivity index (χ3n) is 0. The first-order chi connectivity index (χ1) is 6.93. The molecule has 0 aliphatic rings. The van der Waals surface area contributed by atoms with E-state index in [1.54, 1.807) is 0 Å². The zero-order chi connectivity index (χ0) is 14.3. The molecule has 0 aliphatic heterocycles. The van der Waals surface area contributed by atoms with Gasteiger partial charge >= 0.3 is 0 Å². The minimum absolute atomic E-state index is 0.500. The molecule has 0 rings (SSSR count). The lowest BCUT2D eigenvalue weighted by atomic mass is 10.3. The Kier molecular flexibility index (Phi) is 30.5. The van der Waals surface area contributed by atoms with Crippen molar-refractivity contribution in [3.05, 3.63) is 0 Å². The van der Waals surface area contributed by atoms with Crippen LogP contribution in [0.25, 0.3) is 0 Å². The fraction of sp³-hybridized carbons (Fsp3) is 0.800. The van der Waals surface area contributed by atoms with Crippen molar-refractivity contribution in [3.8, 4) is 0 Å². The van der Waals surface area contributed by atoms with Gasteiger partial charge in [0.2, 0.25) is 0 Å². The first-order valence-corrected chi connectivity index (χ1v) is 5.71. The van der Waals surface area contributed by atoms with E-state index in [0.29, 0.717) is 0 Å². The maximum Gasteiger partial charge on any atom is 0.251 e. The average molecular weight is 270 g/mol. The highest BCUT2D eigenvalue weighted by molar-refractivity contribution is 7.80. The van der Waals surface area contributed by atoms with E-state index in [1.807, 2.05) is 0 Å². The summed E-state index contributed by atoms with van der Waals surface area (Å²) < 4.78 is 0. The fourth-order valence-corrected chi connectivity index (χ4v) is 0. The van der Waals surface area contributed by atoms with Crippen molar-refractivity contribution in [2.24, 2.45) is 23.3 Å². The number of hydrogen-bond acceptors (Lipinski definition) is 2. The van der Waals surface area contributed by atoms with Crippen molar-refractivity contribution in [1.29, 1.82) is 0 Å². The Bertz CT molecular complexity index is 131. The highest BCUT2D eigenvalue weighted by atomic mass is 32.1. The summed E-state index contributed by atoms with van der Waals surface area (Å²) in [4.78, 5) is 0. The summed E-state index contributed by atoms with van der Waals surface area (Å²) >= 11 is 7.74. The van der Waals surface area contributed by atoms with Crippen molar-refractivity contribution in [2.75, 3.05) is 0 Å². The standard InChI is InChI=1S/2C4H10.2CH3NOS/c2*1-4(2)3;2*2-1(3)4/h2*4H,1-3H3;2*(H3,2,3,4). The molecule has 0 unspecified atom stereocenters. The van der Waals surface area contributed by atoms with Gasteiger partial charge in [0.25, 0.3) is 10.3 Å². The molecule has 0 spiro atoms. The van der Waals surface area contributed by atoms with Gasteiger partial charge in [-0.05, 0) is 36.3 Å². The quantitative estimate of drug-likeness (QED) is 0.506. The van der Waals surface area contributed by atoms with Gasteiger partial charge in [0, 0.05) is 0 Å². The highest BCUT2D eigenvalue weighted by Gasteiger charge is 1.68. The van der Waals surface area contributed by atoms with Crippen LogP contribution in [-0.4, -0.2) is 20.6 Å². The Labute approximate surface area is 110 Å². The van der Waals surface area contributed by atoms with Gasteiger partial charge in [-0.25, -0.2) is 0 Å². The molecule has 0 saturated carbocycles. The second kappa shape index (κ2) is 19.9. The number of aliphatic hydroxyl groups excluding tert-OH is 2. The van der Waals surface area contributed by atoms with E-state index in [-0.39, 0.29) is 0 Å². The summed E-state index contributed by atoms with van der Waals surface area (Å²) in [6.45, 7) is 13.0. The van der Waals surface area contributed by atoms with Crippen molar-refractivity contribution >= 4 is 34.8 Å². The number of thiocarbonyl (C=S) groups is 2. The van der Waals surface area contributed by atoms with Crippen LogP contribution >= 0.6 is 24.4 Å². The summed E-state index contributed by atoms with van der Waals surface area (Å²) in [6, 6.07) is 0. The monoisotopic (exact) mass is 270 g/mol. The van der Waals surface area contributed by atoms with Gasteiger partial charge in [0.05, 0.1) is 0 Å². The summed E-state index contributed by atoms with van der Waals surface area (Å²) in [5, 5.41) is 14.1. The van der Waals surface area contributed by atoms with Crippen LogP contribution in [0.2, 0.25) is 0 Å². The molecule has 4 nitrogen and oxygen atoms in total. The molecule has 0 heterocycles. The van der Waals surface area contributed by atoms with Crippen LogP contribution in [0.15, 0.2) is 0 Å². The van der Waals surface area contributed by atoms with Crippen molar-refractivity contribution < 1.29 is 10.2 Å². The summed E-state index contributed by atoms with van der Waals surface area (Å²) in [5.41, 5.74) is 8.80. The predicted molar refractivity (Wildman–Crippen MR) is 79.9 cm³/mol. The smallest absolute Gasteiger partial charge is 0.251 e. The molecule has 0 saturated heterocycles. The molecule has 0 bridgehead atoms. The largest absolute Gasteiger partial charge is 0.487 e. The molecule has 0 aromatic carbocycles. The first-order valence-electron chi connectivity index (χ1n) is 4.90. The third-order valence-corrected chi connectivity index (χ3v) is 0. The molecule has 0 amide bonds. The molecule has 16 heavy (non-hydrogen) atoms. The van der Waals surface area contributed by atoms with Crippen LogP contribution < -0.4 is 11.5 Å². The Morgan fingerprint density at radius 2 is 0.750 bits per heavy atom. The van der Waals surface area contributed by atoms with E-state index in [1.165, 1.54) is 0 Å². The highest BCUT2D eigenvalue weighted by Crippen LogP contribution is 1.81. The predicted octanol–water partition coefficient (Wildman–Crippen LogP) is 2.90. The van der Waals surface area contributed by atoms with Crippen LogP contribution in [0.5, 0.6) is 0 Å². The summed E-state index contributed by atoms with van der Waals surface area (Å²) in [5.74, 6) is 1.67. The lowest BCUT2D eigenvalue weighted by Crippen LogP contribution is -2.03. The van der Waals surface area contributed by atoms with Gasteiger partial charge in [-0.2, -0.15) is 0 Å². The molecule has 0 fully saturated rings. The Morgan fingerprint density at radius 3 is 0.750 bits per heavy atom. The van der Waals surface area contributed by atoms with Crippen LogP contribution in [-0.2, 0) is 0 Å². The lowest BCUT2D eigenvalue weighted by molar-refractivity contribution is 0.559. The normalized spacial score (nSPS) is 7.50. The van der Waals surface area contributed by atoms with Crippen molar-refractivity contribution in [2.45, 2.75) is 41.5 Å². The molecule has 0 aliphatic carbocycles. The molecule has 0 atom stereocenters. The van der Waals surface area contributed by atoms with Crippen molar-refractivity contribution in [3.63, 3.8) is 0 Å². The van der Waals surface area contributed by atoms with Gasteiger partial charge in [-0.15, -0.1) is 0 Å². The molecular formula is C10H26N2O2S2. The van der Waals surface area contributed by atoms with Crippen LogP contribution in [0.3, 0.4) is 0 Å². The molecule has 100 valence electrons. The average Bonchev–Trinajstić information content (AvgIpc) is 1.76. The number of aliphatic hydroxyl groups is 2. The summed E-state index contributed by atoms with van der Waals surface area (Å²) in [7, 11) is 0. The van der Waals surface area contributed by atoms with E-state index in [4.69, 9.17) is 10.2 Å². The Morgan fingerprint density at radius 1 is 0.750 bits per heavy atom. The second-order valence-corrected chi connectivity index (χ2v) is 4.98. The van der Waals surface area contributed by atoms with Gasteiger partial charge in [0.1, 0.15) is 0 Å². The first kappa shape index (κ1) is 24.6. The summed E-state index contributed by atoms with van der Waals surface area (Å²) in [6.07, 6.45) is 0. The minimum Gasteiger partial charge on any atom is -0.487 e. The van der Waals surface area contributed by atoms with E-state index >= 15 is 0 Å². The molecule has 6 N–H and O–H groups in total. The van der Waals surface area contributed by atoms with Gasteiger partial charge in [0.15, 0.2) is 0 Å². The maximum atomic E-state index is 7.56. The van der Waals surface area contributed by atoms with Gasteiger partial charge in [-0.3, -0.25) is 0 Å². The molecular weight excluding hydrogens is 244 g/mol. The topological polar surface area (TPSA) is 92.5 Å². The van der Waals surface area contributed by atoms with Crippen molar-refractivity contribution in [1.82, 2.24) is 0 Å². The maximum absolute atomic E-state index is 7.56. The second-order valence-electron chi connectivity index (χ2n) is 4.14. The zero-order valence-electron chi connectivity index (χ0n) is 11.0. The van der Waals surface area contributed by atoms with E-state index in [9.17, 15) is 0 Å². The van der Waals surface area contributed by atoms with Crippen LogP contribution in [0, 0.1) is 11.8 Å². The Hall–Kier alpha value is -0.620. The molecule has 0 radical (unpaired) electrons. The van der Waals surface area contributed by atoms with E-state index in [0.717, 1.165) is 11.8 Å². The fourth-order valence-electron chi connectivity index (χ4n) is 0. The van der Waals surface area contributed by atoms with Crippen LogP contribution in [0.4, 0.5) is 0 Å². The van der Waals surface area contributed by atoms with E-state index in [2.05, 4.69) is 77.4 Å². The van der Waals surface area contributed by atoms with E-state index < -0.39 is 10.3 Å². The molecule has 0 aromatic rings. The van der Waals surface area contributed by atoms with Gasteiger partial charge < -0.3 is 21.7 Å².